The molecule has 0 aliphatic carbocycles. The quantitative estimate of drug-likeness (QED) is 0.686. The number of carbonyl (C=O) groups is 1. The molecule has 3 aromatic rings. The van der Waals surface area contributed by atoms with Crippen LogP contribution in [0.1, 0.15) is 11.1 Å². The number of aromatic nitrogens is 3. The zero-order valence-corrected chi connectivity index (χ0v) is 12.1. The number of nitrogens with one attached hydrogen (secondary N) is 1. The number of nitrogens with zero attached hydrogens (tertiary/aromatic N) is 2. The molecule has 1 atom stereocenters. The van der Waals surface area contributed by atoms with Crippen LogP contribution in [0.2, 0.25) is 0 Å². The number of aromatic amines is 1. The summed E-state index contributed by atoms with van der Waals surface area (Å²) in [7, 11) is -4.31. The van der Waals surface area contributed by atoms with Gasteiger partial charge in [-0.15, -0.1) is 0 Å². The fraction of sp³-hybridized carbons (Fsp3) is 0.0714. The van der Waals surface area contributed by atoms with Crippen molar-refractivity contribution in [3.63, 3.8) is 0 Å². The van der Waals surface area contributed by atoms with Crippen molar-refractivity contribution in [3.05, 3.63) is 60.2 Å². The van der Waals surface area contributed by atoms with Crippen molar-refractivity contribution < 1.29 is 13.2 Å². The first-order valence-electron chi connectivity index (χ1n) is 6.32. The van der Waals surface area contributed by atoms with Crippen molar-refractivity contribution in [2.45, 2.75) is 4.75 Å². The van der Waals surface area contributed by atoms with E-state index in [4.69, 9.17) is 5.14 Å². The Morgan fingerprint density at radius 2 is 2.05 bits per heavy atom. The van der Waals surface area contributed by atoms with E-state index >= 15 is 0 Å². The van der Waals surface area contributed by atoms with E-state index in [1.165, 1.54) is 30.9 Å². The molecule has 1 aromatic carbocycles. The summed E-state index contributed by atoms with van der Waals surface area (Å²) in [6, 6.07) is 7.93. The molecular weight excluding hydrogens is 304 g/mol. The molecule has 2 heterocycles. The Kier molecular flexibility index (Phi) is 3.27. The predicted molar refractivity (Wildman–Crippen MR) is 80.3 cm³/mol. The number of hydrogen-bond donors (Lipinski definition) is 2. The number of aldehydes is 1. The van der Waals surface area contributed by atoms with Crippen LogP contribution in [0.3, 0.4) is 0 Å². The second kappa shape index (κ2) is 5.00. The molecule has 112 valence electrons. The summed E-state index contributed by atoms with van der Waals surface area (Å²) in [4.78, 5) is 22.8. The van der Waals surface area contributed by atoms with Crippen LogP contribution in [0.4, 0.5) is 0 Å². The molecule has 3 rings (SSSR count). The lowest BCUT2D eigenvalue weighted by atomic mass is 9.91. The van der Waals surface area contributed by atoms with Gasteiger partial charge in [0, 0.05) is 23.5 Å². The molecule has 1 unspecified atom stereocenters. The Balaban J connectivity index is 2.46. The van der Waals surface area contributed by atoms with Gasteiger partial charge in [0.25, 0.3) is 0 Å². The van der Waals surface area contributed by atoms with Crippen molar-refractivity contribution in [1.82, 2.24) is 15.0 Å². The molecule has 0 radical (unpaired) electrons. The number of pyridine rings is 1. The van der Waals surface area contributed by atoms with Gasteiger partial charge in [0.2, 0.25) is 10.0 Å². The van der Waals surface area contributed by atoms with Gasteiger partial charge in [0.15, 0.2) is 11.0 Å². The summed E-state index contributed by atoms with van der Waals surface area (Å²) in [5.41, 5.74) is 1.34. The summed E-state index contributed by atoms with van der Waals surface area (Å²) in [5.74, 6) is 0. The molecule has 7 nitrogen and oxygen atoms in total. The van der Waals surface area contributed by atoms with E-state index in [2.05, 4.69) is 15.0 Å². The highest BCUT2D eigenvalue weighted by Gasteiger charge is 2.47. The first-order valence-corrected chi connectivity index (χ1v) is 7.87. The van der Waals surface area contributed by atoms with Crippen LogP contribution in [-0.4, -0.2) is 29.7 Å². The minimum atomic E-state index is -4.31. The van der Waals surface area contributed by atoms with Gasteiger partial charge in [-0.25, -0.2) is 18.5 Å². The van der Waals surface area contributed by atoms with Crippen molar-refractivity contribution in [2.24, 2.45) is 5.14 Å². The summed E-state index contributed by atoms with van der Waals surface area (Å²) < 4.78 is 22.6. The highest BCUT2D eigenvalue weighted by atomic mass is 32.2. The van der Waals surface area contributed by atoms with Gasteiger partial charge in [0.05, 0.1) is 17.4 Å². The third kappa shape index (κ3) is 1.92. The van der Waals surface area contributed by atoms with Crippen LogP contribution in [-0.2, 0) is 19.6 Å². The smallest absolute Gasteiger partial charge is 0.230 e. The number of sulfonamides is 1. The number of nitrogens with two attached hydrogens (primary N) is 1. The van der Waals surface area contributed by atoms with Crippen molar-refractivity contribution in [2.75, 3.05) is 0 Å². The van der Waals surface area contributed by atoms with Crippen LogP contribution >= 0.6 is 0 Å². The van der Waals surface area contributed by atoms with Gasteiger partial charge in [0.1, 0.15) is 0 Å². The van der Waals surface area contributed by atoms with Gasteiger partial charge in [-0.3, -0.25) is 4.98 Å². The van der Waals surface area contributed by atoms with E-state index in [0.29, 0.717) is 17.3 Å². The molecule has 8 heteroatoms. The van der Waals surface area contributed by atoms with Gasteiger partial charge in [-0.2, -0.15) is 0 Å². The summed E-state index contributed by atoms with van der Waals surface area (Å²) in [5, 5.41) is 5.42. The number of benzene rings is 1. The average molecular weight is 316 g/mol. The molecule has 0 saturated carbocycles. The van der Waals surface area contributed by atoms with Gasteiger partial charge in [-0.05, 0) is 12.1 Å². The standard InChI is InChI=1S/C14H12N4O3S/c15-22(20,21)14(8-19,10-3-2-6-16-7-10)11-4-1-5-12-13(11)18-9-17-12/h1-9H,(H,17,18)(H2,15,20,21). The van der Waals surface area contributed by atoms with Crippen molar-refractivity contribution in [3.8, 4) is 0 Å². The number of H-pyrrole nitrogens is 1. The number of hydrogen-bond acceptors (Lipinski definition) is 5. The first kappa shape index (κ1) is 14.4. The minimum absolute atomic E-state index is 0.169. The lowest BCUT2D eigenvalue weighted by Crippen LogP contribution is -2.43. The average Bonchev–Trinajstić information content (AvgIpc) is 2.97. The zero-order valence-electron chi connectivity index (χ0n) is 11.3. The minimum Gasteiger partial charge on any atom is -0.345 e. The molecule has 2 aromatic heterocycles. The maximum Gasteiger partial charge on any atom is 0.230 e. The normalized spacial score (nSPS) is 14.6. The number of para-hydroxylation sites is 1. The van der Waals surface area contributed by atoms with E-state index in [0.717, 1.165) is 0 Å². The lowest BCUT2D eigenvalue weighted by Gasteiger charge is -2.26. The molecule has 0 aliphatic rings. The van der Waals surface area contributed by atoms with E-state index in [1.54, 1.807) is 18.2 Å². The van der Waals surface area contributed by atoms with E-state index in [1.807, 2.05) is 0 Å². The van der Waals surface area contributed by atoms with E-state index < -0.39 is 14.8 Å². The van der Waals surface area contributed by atoms with Crippen molar-refractivity contribution >= 4 is 27.3 Å². The first-order chi connectivity index (χ1) is 10.5. The number of primary sulfonamides is 1. The Labute approximate surface area is 126 Å². The molecule has 3 N–H and O–H groups in total. The number of rotatable bonds is 4. The Morgan fingerprint density at radius 3 is 2.68 bits per heavy atom. The number of fused-ring (bicyclic) bond motifs is 1. The maximum absolute atomic E-state index is 12.3. The molecular formula is C14H12N4O3S. The summed E-state index contributed by atoms with van der Waals surface area (Å²) in [6.45, 7) is 0. The number of carbonyl (C=O) groups excluding carboxylic acids is 1. The second-order valence-corrected chi connectivity index (χ2v) is 6.48. The Hall–Kier alpha value is -2.58. The molecule has 0 aliphatic heterocycles. The van der Waals surface area contributed by atoms with Gasteiger partial charge in [-0.1, -0.05) is 18.2 Å². The van der Waals surface area contributed by atoms with E-state index in [9.17, 15) is 13.2 Å². The second-order valence-electron chi connectivity index (χ2n) is 4.74. The molecule has 0 amide bonds. The molecule has 22 heavy (non-hydrogen) atoms. The molecule has 0 bridgehead atoms. The lowest BCUT2D eigenvalue weighted by molar-refractivity contribution is -0.109. The van der Waals surface area contributed by atoms with Crippen LogP contribution in [0, 0.1) is 0 Å². The summed E-state index contributed by atoms with van der Waals surface area (Å²) in [6.07, 6.45) is 4.54. The molecule has 0 fully saturated rings. The summed E-state index contributed by atoms with van der Waals surface area (Å²) >= 11 is 0. The molecule has 0 saturated heterocycles. The Morgan fingerprint density at radius 1 is 1.23 bits per heavy atom. The monoisotopic (exact) mass is 316 g/mol. The van der Waals surface area contributed by atoms with Crippen LogP contribution in [0.15, 0.2) is 49.1 Å². The maximum atomic E-state index is 12.3. The fourth-order valence-corrected chi connectivity index (χ4v) is 3.57. The largest absolute Gasteiger partial charge is 0.345 e. The zero-order chi connectivity index (χ0) is 15.8. The van der Waals surface area contributed by atoms with Gasteiger partial charge >= 0.3 is 0 Å². The molecule has 0 spiro atoms. The van der Waals surface area contributed by atoms with Gasteiger partial charge < -0.3 is 9.78 Å². The third-order valence-corrected chi connectivity index (χ3v) is 5.00. The van der Waals surface area contributed by atoms with Crippen LogP contribution in [0.25, 0.3) is 11.0 Å². The van der Waals surface area contributed by atoms with Crippen LogP contribution in [0.5, 0.6) is 0 Å². The fourth-order valence-electron chi connectivity index (χ4n) is 2.52. The highest BCUT2D eigenvalue weighted by Crippen LogP contribution is 2.37. The highest BCUT2D eigenvalue weighted by molar-refractivity contribution is 7.91. The number of imidazole rings is 1. The van der Waals surface area contributed by atoms with E-state index in [-0.39, 0.29) is 11.1 Å². The van der Waals surface area contributed by atoms with Crippen molar-refractivity contribution in [1.29, 1.82) is 0 Å². The SMILES string of the molecule is NS(=O)(=O)C(C=O)(c1cccnc1)c1cccc2[nH]cnc12. The topological polar surface area (TPSA) is 119 Å². The van der Waals surface area contributed by atoms with Crippen LogP contribution < -0.4 is 5.14 Å². The third-order valence-electron chi connectivity index (χ3n) is 3.55. The Bertz CT molecular complexity index is 937. The predicted octanol–water partition coefficient (Wildman–Crippen LogP) is 0.689.